The monoisotopic (exact) mass is 449 g/mol. The lowest BCUT2D eigenvalue weighted by atomic mass is 9.89. The minimum absolute atomic E-state index is 0.0810. The number of hydrogen-bond donors (Lipinski definition) is 1. The molecular formula is C22H29F2N5O3. The quantitative estimate of drug-likeness (QED) is 0.687. The van der Waals surface area contributed by atoms with E-state index in [1.807, 2.05) is 19.1 Å². The normalized spacial score (nSPS) is 24.1. The summed E-state index contributed by atoms with van der Waals surface area (Å²) in [6.07, 6.45) is 3.76. The molecule has 8 nitrogen and oxygen atoms in total. The van der Waals surface area contributed by atoms with Gasteiger partial charge < -0.3 is 14.8 Å². The van der Waals surface area contributed by atoms with E-state index in [2.05, 4.69) is 27.5 Å². The highest BCUT2D eigenvalue weighted by molar-refractivity contribution is 5.68. The Morgan fingerprint density at radius 1 is 1.34 bits per heavy atom. The number of alkyl halides is 2. The third-order valence-corrected chi connectivity index (χ3v) is 6.18. The number of rotatable bonds is 7. The summed E-state index contributed by atoms with van der Waals surface area (Å²) in [6, 6.07) is 3.72. The summed E-state index contributed by atoms with van der Waals surface area (Å²) in [5.41, 5.74) is 2.53. The summed E-state index contributed by atoms with van der Waals surface area (Å²) >= 11 is 0. The van der Waals surface area contributed by atoms with Crippen molar-refractivity contribution in [3.8, 4) is 17.1 Å². The van der Waals surface area contributed by atoms with Gasteiger partial charge in [-0.2, -0.15) is 0 Å². The second kappa shape index (κ2) is 8.99. The van der Waals surface area contributed by atoms with Gasteiger partial charge in [0.05, 0.1) is 35.6 Å². The number of nitrogens with zero attached hydrogens (tertiary/aromatic N) is 4. The molecule has 1 amide bonds. The number of ether oxygens (including phenoxy) is 2. The molecule has 4 rings (SSSR count). The number of alkyl carbamates (subject to hydrolysis) is 1. The second-order valence-electron chi connectivity index (χ2n) is 8.91. The SMILES string of the molecule is Cc1nc(-c2nnn(C)c2CNC(=O)OC[C@H]2CC2(F)F)ccc1O[C@H]1CCC[C@H](C)C1. The van der Waals surface area contributed by atoms with Crippen LogP contribution in [0.3, 0.4) is 0 Å². The molecule has 0 spiro atoms. The van der Waals surface area contributed by atoms with Gasteiger partial charge >= 0.3 is 6.09 Å². The molecule has 2 aliphatic rings. The smallest absolute Gasteiger partial charge is 0.407 e. The Balaban J connectivity index is 1.38. The Morgan fingerprint density at radius 2 is 2.12 bits per heavy atom. The predicted octanol–water partition coefficient (Wildman–Crippen LogP) is 4.02. The van der Waals surface area contributed by atoms with Gasteiger partial charge in [0, 0.05) is 13.5 Å². The van der Waals surface area contributed by atoms with Crippen molar-refractivity contribution >= 4 is 6.09 Å². The molecular weight excluding hydrogens is 420 g/mol. The minimum Gasteiger partial charge on any atom is -0.489 e. The van der Waals surface area contributed by atoms with Gasteiger partial charge in [0.25, 0.3) is 5.92 Å². The lowest BCUT2D eigenvalue weighted by Crippen LogP contribution is -2.26. The molecule has 2 heterocycles. The predicted molar refractivity (Wildman–Crippen MR) is 112 cm³/mol. The highest BCUT2D eigenvalue weighted by Crippen LogP contribution is 2.48. The molecule has 3 atom stereocenters. The summed E-state index contributed by atoms with van der Waals surface area (Å²) in [7, 11) is 1.71. The Labute approximate surface area is 185 Å². The number of amides is 1. The summed E-state index contributed by atoms with van der Waals surface area (Å²) in [6.45, 7) is 3.93. The highest BCUT2D eigenvalue weighted by atomic mass is 19.3. The largest absolute Gasteiger partial charge is 0.489 e. The van der Waals surface area contributed by atoms with E-state index in [0.29, 0.717) is 23.0 Å². The standard InChI is InChI=1S/C22H29F2N5O3/c1-13-5-4-6-16(9-13)32-19-8-7-17(26-14(19)2)20-18(29(3)28-27-20)11-25-21(30)31-12-15-10-22(15,23)24/h7-8,13,15-16H,4-6,9-12H2,1-3H3,(H,25,30)/t13-,15+,16-/m0/s1. The average Bonchev–Trinajstić information content (AvgIpc) is 3.19. The molecule has 0 unspecified atom stereocenters. The van der Waals surface area contributed by atoms with Gasteiger partial charge in [-0.3, -0.25) is 0 Å². The summed E-state index contributed by atoms with van der Waals surface area (Å²) in [5.74, 6) is -2.17. The highest BCUT2D eigenvalue weighted by Gasteiger charge is 2.57. The zero-order valence-corrected chi connectivity index (χ0v) is 18.6. The number of pyridine rings is 1. The Hall–Kier alpha value is -2.78. The van der Waals surface area contributed by atoms with Gasteiger partial charge in [-0.25, -0.2) is 23.2 Å². The van der Waals surface area contributed by atoms with E-state index in [4.69, 9.17) is 9.47 Å². The fraction of sp³-hybridized carbons (Fsp3) is 0.636. The van der Waals surface area contributed by atoms with E-state index in [9.17, 15) is 13.6 Å². The first-order chi connectivity index (χ1) is 15.2. The molecule has 0 aliphatic heterocycles. The number of nitrogens with one attached hydrogen (secondary N) is 1. The van der Waals surface area contributed by atoms with Crippen molar-refractivity contribution in [3.63, 3.8) is 0 Å². The van der Waals surface area contributed by atoms with Crippen LogP contribution < -0.4 is 10.1 Å². The average molecular weight is 450 g/mol. The molecule has 2 aliphatic carbocycles. The zero-order chi connectivity index (χ0) is 22.9. The van der Waals surface area contributed by atoms with E-state index >= 15 is 0 Å². The molecule has 2 saturated carbocycles. The van der Waals surface area contributed by atoms with Gasteiger partial charge in [-0.15, -0.1) is 5.10 Å². The summed E-state index contributed by atoms with van der Waals surface area (Å²) < 4.78 is 38.4. The molecule has 2 aromatic rings. The second-order valence-corrected chi connectivity index (χ2v) is 8.91. The van der Waals surface area contributed by atoms with Crippen molar-refractivity contribution in [2.45, 2.75) is 64.5 Å². The summed E-state index contributed by atoms with van der Waals surface area (Å²) in [4.78, 5) is 16.5. The maximum absolute atomic E-state index is 12.9. The van der Waals surface area contributed by atoms with Gasteiger partial charge in [0.15, 0.2) is 0 Å². The van der Waals surface area contributed by atoms with Crippen molar-refractivity contribution in [2.24, 2.45) is 18.9 Å². The van der Waals surface area contributed by atoms with Crippen LogP contribution in [0.1, 0.15) is 50.4 Å². The molecule has 0 radical (unpaired) electrons. The first kappa shape index (κ1) is 22.4. The number of aromatic nitrogens is 4. The van der Waals surface area contributed by atoms with Crippen LogP contribution in [0, 0.1) is 18.8 Å². The van der Waals surface area contributed by atoms with Crippen LogP contribution in [0.2, 0.25) is 0 Å². The Morgan fingerprint density at radius 3 is 2.81 bits per heavy atom. The van der Waals surface area contributed by atoms with Crippen LogP contribution in [0.4, 0.5) is 13.6 Å². The van der Waals surface area contributed by atoms with Crippen LogP contribution in [0.25, 0.3) is 11.4 Å². The molecule has 10 heteroatoms. The van der Waals surface area contributed by atoms with Gasteiger partial charge in [-0.1, -0.05) is 18.6 Å². The number of aryl methyl sites for hydroxylation is 2. The molecule has 1 N–H and O–H groups in total. The Kier molecular flexibility index (Phi) is 6.30. The minimum atomic E-state index is -2.71. The molecule has 2 aromatic heterocycles. The van der Waals surface area contributed by atoms with Crippen molar-refractivity contribution in [1.29, 1.82) is 0 Å². The van der Waals surface area contributed by atoms with Crippen LogP contribution in [0.15, 0.2) is 12.1 Å². The molecule has 0 aromatic carbocycles. The third kappa shape index (κ3) is 5.16. The van der Waals surface area contributed by atoms with Crippen LogP contribution in [-0.2, 0) is 18.3 Å². The maximum Gasteiger partial charge on any atom is 0.407 e. The fourth-order valence-corrected chi connectivity index (χ4v) is 4.08. The lowest BCUT2D eigenvalue weighted by molar-refractivity contribution is 0.0724. The molecule has 174 valence electrons. The Bertz CT molecular complexity index is 980. The van der Waals surface area contributed by atoms with Crippen molar-refractivity contribution in [1.82, 2.24) is 25.3 Å². The van der Waals surface area contributed by atoms with Gasteiger partial charge in [0.2, 0.25) is 0 Å². The van der Waals surface area contributed by atoms with Gasteiger partial charge in [0.1, 0.15) is 18.1 Å². The topological polar surface area (TPSA) is 91.2 Å². The number of carbonyl (C=O) groups is 1. The maximum atomic E-state index is 12.9. The molecule has 2 fully saturated rings. The van der Waals surface area contributed by atoms with Crippen LogP contribution in [0.5, 0.6) is 5.75 Å². The summed E-state index contributed by atoms with van der Waals surface area (Å²) in [5, 5.41) is 10.8. The zero-order valence-electron chi connectivity index (χ0n) is 18.6. The molecule has 32 heavy (non-hydrogen) atoms. The number of hydrogen-bond acceptors (Lipinski definition) is 6. The first-order valence-electron chi connectivity index (χ1n) is 11.0. The molecule has 0 saturated heterocycles. The van der Waals surface area contributed by atoms with E-state index < -0.39 is 17.9 Å². The van der Waals surface area contributed by atoms with E-state index in [1.54, 1.807) is 7.05 Å². The third-order valence-electron chi connectivity index (χ3n) is 6.18. The van der Waals surface area contributed by atoms with Crippen LogP contribution in [-0.4, -0.2) is 44.7 Å². The lowest BCUT2D eigenvalue weighted by Gasteiger charge is -2.27. The fourth-order valence-electron chi connectivity index (χ4n) is 4.08. The molecule has 0 bridgehead atoms. The van der Waals surface area contributed by atoms with Crippen molar-refractivity contribution in [3.05, 3.63) is 23.5 Å². The number of halogens is 2. The van der Waals surface area contributed by atoms with Crippen molar-refractivity contribution < 1.29 is 23.0 Å². The van der Waals surface area contributed by atoms with Gasteiger partial charge in [-0.05, 0) is 44.2 Å². The van der Waals surface area contributed by atoms with E-state index in [1.165, 1.54) is 17.5 Å². The van der Waals surface area contributed by atoms with E-state index in [0.717, 1.165) is 24.3 Å². The van der Waals surface area contributed by atoms with E-state index in [-0.39, 0.29) is 25.7 Å². The van der Waals surface area contributed by atoms with Crippen LogP contribution >= 0.6 is 0 Å². The first-order valence-corrected chi connectivity index (χ1v) is 11.0. The number of carbonyl (C=O) groups excluding carboxylic acids is 1. The van der Waals surface area contributed by atoms with Crippen molar-refractivity contribution in [2.75, 3.05) is 6.61 Å².